The molecule has 2 unspecified atom stereocenters. The maximum Gasteiger partial charge on any atom is 0.390 e. The quantitative estimate of drug-likeness (QED) is 0.618. The molecule has 0 bridgehead atoms. The van der Waals surface area contributed by atoms with Crippen molar-refractivity contribution < 1.29 is 17.9 Å². The highest BCUT2D eigenvalue weighted by molar-refractivity contribution is 5.79. The highest BCUT2D eigenvalue weighted by Gasteiger charge is 2.35. The number of nitrogens with zero attached hydrogens (tertiary/aromatic N) is 1. The Morgan fingerprint density at radius 2 is 1.91 bits per heavy atom. The van der Waals surface area contributed by atoms with Crippen LogP contribution in [0.3, 0.4) is 0 Å². The monoisotopic (exact) mass is 323 g/mol. The second-order valence-electron chi connectivity index (χ2n) is 6.80. The van der Waals surface area contributed by atoms with Crippen LogP contribution in [0.4, 0.5) is 13.2 Å². The molecule has 4 nitrogen and oxygen atoms in total. The molecule has 0 aromatic rings. The number of guanidine groups is 1. The van der Waals surface area contributed by atoms with Crippen LogP contribution in [0.5, 0.6) is 0 Å². The third-order valence-corrected chi connectivity index (χ3v) is 3.75. The molecule has 1 saturated heterocycles. The molecule has 1 aliphatic heterocycles. The Morgan fingerprint density at radius 3 is 2.45 bits per heavy atom. The van der Waals surface area contributed by atoms with Crippen LogP contribution < -0.4 is 10.6 Å². The molecule has 0 amide bonds. The second-order valence-corrected chi connectivity index (χ2v) is 6.80. The van der Waals surface area contributed by atoms with Gasteiger partial charge in [-0.3, -0.25) is 4.99 Å². The minimum atomic E-state index is -4.15. The van der Waals surface area contributed by atoms with Gasteiger partial charge in [0.1, 0.15) is 0 Å². The highest BCUT2D eigenvalue weighted by atomic mass is 19.4. The molecule has 0 aliphatic carbocycles. The summed E-state index contributed by atoms with van der Waals surface area (Å²) in [4.78, 5) is 3.97. The van der Waals surface area contributed by atoms with Crippen LogP contribution in [0.25, 0.3) is 0 Å². The zero-order valence-corrected chi connectivity index (χ0v) is 13.9. The Balaban J connectivity index is 2.44. The number of hydrogen-bond acceptors (Lipinski definition) is 2. The van der Waals surface area contributed by atoms with Gasteiger partial charge in [-0.25, -0.2) is 0 Å². The van der Waals surface area contributed by atoms with Gasteiger partial charge in [0, 0.05) is 32.7 Å². The van der Waals surface area contributed by atoms with E-state index in [1.54, 1.807) is 7.05 Å². The van der Waals surface area contributed by atoms with Crippen LogP contribution >= 0.6 is 0 Å². The Labute approximate surface area is 130 Å². The minimum Gasteiger partial charge on any atom is -0.377 e. The summed E-state index contributed by atoms with van der Waals surface area (Å²) in [7, 11) is 1.56. The van der Waals surface area contributed by atoms with E-state index in [4.69, 9.17) is 4.74 Å². The van der Waals surface area contributed by atoms with E-state index in [-0.39, 0.29) is 18.1 Å². The molecule has 130 valence electrons. The zero-order chi connectivity index (χ0) is 16.8. The van der Waals surface area contributed by atoms with E-state index < -0.39 is 12.6 Å². The standard InChI is InChI=1S/C15H28F3N3O/c1-14(2,3)12-11(6-5-9-22-12)10-21-13(19-4)20-8-7-15(16,17)18/h11-12H,5-10H2,1-4H3,(H2,19,20,21). The van der Waals surface area contributed by atoms with Gasteiger partial charge in [-0.15, -0.1) is 0 Å². The fourth-order valence-corrected chi connectivity index (χ4v) is 2.78. The largest absolute Gasteiger partial charge is 0.390 e. The molecule has 1 fully saturated rings. The number of aliphatic imine (C=N–C) groups is 1. The summed E-state index contributed by atoms with van der Waals surface area (Å²) in [6, 6.07) is 0. The van der Waals surface area contributed by atoms with Crippen molar-refractivity contribution >= 4 is 5.96 Å². The number of halogens is 3. The summed E-state index contributed by atoms with van der Waals surface area (Å²) in [5.74, 6) is 0.734. The van der Waals surface area contributed by atoms with Crippen LogP contribution in [0.1, 0.15) is 40.0 Å². The van der Waals surface area contributed by atoms with Gasteiger partial charge in [0.15, 0.2) is 5.96 Å². The maximum absolute atomic E-state index is 12.2. The average molecular weight is 323 g/mol. The molecule has 0 aromatic carbocycles. The minimum absolute atomic E-state index is 0.0417. The topological polar surface area (TPSA) is 45.7 Å². The molecule has 1 rings (SSSR count). The Morgan fingerprint density at radius 1 is 1.23 bits per heavy atom. The first-order valence-corrected chi connectivity index (χ1v) is 7.76. The van der Waals surface area contributed by atoms with Gasteiger partial charge in [-0.1, -0.05) is 20.8 Å². The van der Waals surface area contributed by atoms with E-state index in [0.717, 1.165) is 19.4 Å². The predicted molar refractivity (Wildman–Crippen MR) is 82.0 cm³/mol. The van der Waals surface area contributed by atoms with Crippen molar-refractivity contribution in [3.63, 3.8) is 0 Å². The summed E-state index contributed by atoms with van der Waals surface area (Å²) >= 11 is 0. The normalized spacial score (nSPS) is 24.2. The predicted octanol–water partition coefficient (Wildman–Crippen LogP) is 2.95. The summed E-state index contributed by atoms with van der Waals surface area (Å²) in [6.07, 6.45) is -2.82. The number of nitrogens with one attached hydrogen (secondary N) is 2. The van der Waals surface area contributed by atoms with Crippen LogP contribution in [-0.4, -0.2) is 45.0 Å². The molecule has 7 heteroatoms. The first-order chi connectivity index (χ1) is 10.1. The Hall–Kier alpha value is -0.980. The number of alkyl halides is 3. The van der Waals surface area contributed by atoms with E-state index in [9.17, 15) is 13.2 Å². The summed E-state index contributed by atoms with van der Waals surface area (Å²) < 4.78 is 42.4. The zero-order valence-electron chi connectivity index (χ0n) is 13.9. The van der Waals surface area contributed by atoms with E-state index in [2.05, 4.69) is 36.4 Å². The Bertz CT molecular complexity index is 364. The summed E-state index contributed by atoms with van der Waals surface area (Å²) in [6.45, 7) is 7.68. The van der Waals surface area contributed by atoms with Crippen molar-refractivity contribution in [1.82, 2.24) is 10.6 Å². The summed E-state index contributed by atoms with van der Waals surface area (Å²) in [5.41, 5.74) is 0.0417. The lowest BCUT2D eigenvalue weighted by atomic mass is 9.78. The van der Waals surface area contributed by atoms with Crippen molar-refractivity contribution in [2.45, 2.75) is 52.3 Å². The second kappa shape index (κ2) is 8.04. The van der Waals surface area contributed by atoms with Crippen molar-refractivity contribution in [2.75, 3.05) is 26.7 Å². The molecule has 1 heterocycles. The first kappa shape index (κ1) is 19.1. The fraction of sp³-hybridized carbons (Fsp3) is 0.933. The van der Waals surface area contributed by atoms with Crippen molar-refractivity contribution in [1.29, 1.82) is 0 Å². The third-order valence-electron chi connectivity index (χ3n) is 3.75. The molecule has 2 atom stereocenters. The molecule has 0 radical (unpaired) electrons. The van der Waals surface area contributed by atoms with Gasteiger partial charge in [0.25, 0.3) is 0 Å². The van der Waals surface area contributed by atoms with Gasteiger partial charge >= 0.3 is 6.18 Å². The molecule has 22 heavy (non-hydrogen) atoms. The summed E-state index contributed by atoms with van der Waals surface area (Å²) in [5, 5.41) is 5.82. The fourth-order valence-electron chi connectivity index (χ4n) is 2.78. The molecule has 0 aromatic heterocycles. The molecule has 0 saturated carbocycles. The van der Waals surface area contributed by atoms with E-state index in [0.29, 0.717) is 18.4 Å². The van der Waals surface area contributed by atoms with Crippen LogP contribution in [0.15, 0.2) is 4.99 Å². The average Bonchev–Trinajstić information content (AvgIpc) is 2.40. The van der Waals surface area contributed by atoms with Gasteiger partial charge in [-0.2, -0.15) is 13.2 Å². The SMILES string of the molecule is CN=C(NCCC(F)(F)F)NCC1CCCOC1C(C)(C)C. The maximum atomic E-state index is 12.2. The van der Waals surface area contributed by atoms with Crippen molar-refractivity contribution in [2.24, 2.45) is 16.3 Å². The number of hydrogen-bond donors (Lipinski definition) is 2. The first-order valence-electron chi connectivity index (χ1n) is 7.76. The number of ether oxygens (including phenoxy) is 1. The van der Waals surface area contributed by atoms with Gasteiger partial charge in [0.2, 0.25) is 0 Å². The van der Waals surface area contributed by atoms with E-state index in [1.165, 1.54) is 0 Å². The van der Waals surface area contributed by atoms with Gasteiger partial charge < -0.3 is 15.4 Å². The Kier molecular flexibility index (Phi) is 6.97. The molecule has 0 spiro atoms. The lowest BCUT2D eigenvalue weighted by Crippen LogP contribution is -2.47. The molecule has 1 aliphatic rings. The van der Waals surface area contributed by atoms with Crippen molar-refractivity contribution in [3.05, 3.63) is 0 Å². The van der Waals surface area contributed by atoms with Gasteiger partial charge in [-0.05, 0) is 18.3 Å². The van der Waals surface area contributed by atoms with E-state index >= 15 is 0 Å². The molecular weight excluding hydrogens is 295 g/mol. The third kappa shape index (κ3) is 6.85. The molecular formula is C15H28F3N3O. The van der Waals surface area contributed by atoms with Gasteiger partial charge in [0.05, 0.1) is 12.5 Å². The van der Waals surface area contributed by atoms with E-state index in [1.807, 2.05) is 0 Å². The molecule has 2 N–H and O–H groups in total. The van der Waals surface area contributed by atoms with Crippen LogP contribution in [0.2, 0.25) is 0 Å². The number of rotatable bonds is 4. The lowest BCUT2D eigenvalue weighted by molar-refractivity contribution is -0.132. The smallest absolute Gasteiger partial charge is 0.377 e. The lowest BCUT2D eigenvalue weighted by Gasteiger charge is -2.40. The van der Waals surface area contributed by atoms with Crippen LogP contribution in [-0.2, 0) is 4.74 Å². The highest BCUT2D eigenvalue weighted by Crippen LogP contribution is 2.33. The van der Waals surface area contributed by atoms with Crippen molar-refractivity contribution in [3.8, 4) is 0 Å². The van der Waals surface area contributed by atoms with Crippen LogP contribution in [0, 0.1) is 11.3 Å².